The first-order chi connectivity index (χ1) is 13.6. The van der Waals surface area contributed by atoms with Gasteiger partial charge in [-0.25, -0.2) is 0 Å². The van der Waals surface area contributed by atoms with Crippen LogP contribution in [0.5, 0.6) is 0 Å². The third kappa shape index (κ3) is 3.53. The molecule has 28 heavy (non-hydrogen) atoms. The molecule has 0 fully saturated rings. The smallest absolute Gasteiger partial charge is 0.261 e. The lowest BCUT2D eigenvalue weighted by atomic mass is 10.1. The number of fused-ring (bicyclic) bond motifs is 2. The molecule has 6 heteroatoms. The molecule has 0 atom stereocenters. The summed E-state index contributed by atoms with van der Waals surface area (Å²) >= 11 is 0. The van der Waals surface area contributed by atoms with E-state index in [-0.39, 0.29) is 30.7 Å². The van der Waals surface area contributed by atoms with Gasteiger partial charge in [-0.2, -0.15) is 0 Å². The van der Waals surface area contributed by atoms with Crippen LogP contribution in [-0.4, -0.2) is 35.7 Å². The van der Waals surface area contributed by atoms with Gasteiger partial charge >= 0.3 is 0 Å². The van der Waals surface area contributed by atoms with E-state index in [2.05, 4.69) is 5.32 Å². The molecule has 0 unspecified atom stereocenters. The van der Waals surface area contributed by atoms with Crippen molar-refractivity contribution >= 4 is 28.7 Å². The van der Waals surface area contributed by atoms with Gasteiger partial charge in [0.2, 0.25) is 5.91 Å². The summed E-state index contributed by atoms with van der Waals surface area (Å²) in [6.45, 7) is 0.717. The molecule has 3 amide bonds. The largest absolute Gasteiger partial charge is 0.461 e. The highest BCUT2D eigenvalue weighted by molar-refractivity contribution is 6.21. The highest BCUT2D eigenvalue weighted by Gasteiger charge is 2.34. The number of furan rings is 1. The first-order valence-electron chi connectivity index (χ1n) is 9.33. The standard InChI is InChI=1S/C22H20N2O4/c25-20(23-12-11-16-14-15-6-1-4-9-19(15)28-16)10-5-13-24-21(26)17-7-2-3-8-18(17)22(24)27/h1-4,6-9,14H,5,10-13H2,(H,23,25). The van der Waals surface area contributed by atoms with Gasteiger partial charge in [0.1, 0.15) is 11.3 Å². The number of hydrogen-bond acceptors (Lipinski definition) is 4. The Morgan fingerprint density at radius 1 is 0.964 bits per heavy atom. The summed E-state index contributed by atoms with van der Waals surface area (Å²) in [4.78, 5) is 37.8. The Labute approximate surface area is 162 Å². The molecule has 0 aliphatic carbocycles. The highest BCUT2D eigenvalue weighted by atomic mass is 16.3. The normalized spacial score (nSPS) is 13.2. The first-order valence-corrected chi connectivity index (χ1v) is 9.33. The van der Waals surface area contributed by atoms with Gasteiger partial charge in [0, 0.05) is 31.3 Å². The van der Waals surface area contributed by atoms with Crippen molar-refractivity contribution in [1.82, 2.24) is 10.2 Å². The van der Waals surface area contributed by atoms with Gasteiger partial charge in [0.05, 0.1) is 11.1 Å². The zero-order valence-electron chi connectivity index (χ0n) is 15.3. The summed E-state index contributed by atoms with van der Waals surface area (Å²) in [6.07, 6.45) is 1.30. The van der Waals surface area contributed by atoms with Gasteiger partial charge < -0.3 is 9.73 Å². The molecule has 6 nitrogen and oxygen atoms in total. The lowest BCUT2D eigenvalue weighted by Gasteiger charge is -2.13. The van der Waals surface area contributed by atoms with E-state index in [0.29, 0.717) is 30.5 Å². The van der Waals surface area contributed by atoms with Crippen molar-refractivity contribution < 1.29 is 18.8 Å². The second kappa shape index (κ2) is 7.68. The minimum absolute atomic E-state index is 0.104. The van der Waals surface area contributed by atoms with E-state index in [1.54, 1.807) is 24.3 Å². The Kier molecular flexibility index (Phi) is 4.93. The van der Waals surface area contributed by atoms with Gasteiger partial charge in [-0.1, -0.05) is 30.3 Å². The molecule has 1 aromatic heterocycles. The van der Waals surface area contributed by atoms with E-state index in [1.807, 2.05) is 30.3 Å². The van der Waals surface area contributed by atoms with Crippen LogP contribution in [0.2, 0.25) is 0 Å². The van der Waals surface area contributed by atoms with Crippen molar-refractivity contribution in [1.29, 1.82) is 0 Å². The Bertz CT molecular complexity index is 985. The van der Waals surface area contributed by atoms with Crippen LogP contribution in [0.4, 0.5) is 0 Å². The molecule has 0 spiro atoms. The van der Waals surface area contributed by atoms with Crippen LogP contribution >= 0.6 is 0 Å². The third-order valence-corrected chi connectivity index (χ3v) is 4.83. The van der Waals surface area contributed by atoms with Crippen LogP contribution in [0.15, 0.2) is 59.0 Å². The molecule has 0 bridgehead atoms. The van der Waals surface area contributed by atoms with E-state index >= 15 is 0 Å². The van der Waals surface area contributed by atoms with E-state index in [1.165, 1.54) is 4.90 Å². The van der Waals surface area contributed by atoms with Gasteiger partial charge in [-0.3, -0.25) is 19.3 Å². The predicted octanol–water partition coefficient (Wildman–Crippen LogP) is 3.17. The van der Waals surface area contributed by atoms with Crippen molar-refractivity contribution in [3.05, 3.63) is 71.5 Å². The number of nitrogens with one attached hydrogen (secondary N) is 1. The topological polar surface area (TPSA) is 79.6 Å². The Morgan fingerprint density at radius 3 is 2.36 bits per heavy atom. The SMILES string of the molecule is O=C(CCCN1C(=O)c2ccccc2C1=O)NCCc1cc2ccccc2o1. The molecular weight excluding hydrogens is 356 g/mol. The van der Waals surface area contributed by atoms with Crippen LogP contribution in [0.1, 0.15) is 39.3 Å². The molecule has 0 radical (unpaired) electrons. The summed E-state index contributed by atoms with van der Waals surface area (Å²) in [6, 6.07) is 16.5. The molecule has 2 heterocycles. The quantitative estimate of drug-likeness (QED) is 0.643. The lowest BCUT2D eigenvalue weighted by Crippen LogP contribution is -2.32. The molecule has 0 saturated heterocycles. The number of carbonyl (C=O) groups is 3. The number of benzene rings is 2. The fraction of sp³-hybridized carbons (Fsp3) is 0.227. The Morgan fingerprint density at radius 2 is 1.64 bits per heavy atom. The summed E-state index contributed by atoms with van der Waals surface area (Å²) in [7, 11) is 0. The van der Waals surface area contributed by atoms with E-state index in [4.69, 9.17) is 4.42 Å². The van der Waals surface area contributed by atoms with E-state index < -0.39 is 0 Å². The molecule has 1 aliphatic rings. The van der Waals surface area contributed by atoms with E-state index in [0.717, 1.165) is 16.7 Å². The van der Waals surface area contributed by atoms with Crippen molar-refractivity contribution in [2.75, 3.05) is 13.1 Å². The van der Waals surface area contributed by atoms with Crippen molar-refractivity contribution in [3.63, 3.8) is 0 Å². The van der Waals surface area contributed by atoms with Crippen molar-refractivity contribution in [2.24, 2.45) is 0 Å². The van der Waals surface area contributed by atoms with Gasteiger partial charge in [0.15, 0.2) is 0 Å². The molecule has 1 aliphatic heterocycles. The van der Waals surface area contributed by atoms with Gasteiger partial charge in [-0.15, -0.1) is 0 Å². The monoisotopic (exact) mass is 376 g/mol. The third-order valence-electron chi connectivity index (χ3n) is 4.83. The number of carbonyl (C=O) groups excluding carboxylic acids is 3. The van der Waals surface area contributed by atoms with E-state index in [9.17, 15) is 14.4 Å². The molecule has 0 saturated carbocycles. The Hall–Kier alpha value is -3.41. The minimum Gasteiger partial charge on any atom is -0.461 e. The zero-order valence-corrected chi connectivity index (χ0v) is 15.3. The maximum absolute atomic E-state index is 12.3. The van der Waals surface area contributed by atoms with Crippen LogP contribution in [-0.2, 0) is 11.2 Å². The fourth-order valence-corrected chi connectivity index (χ4v) is 3.41. The average molecular weight is 376 g/mol. The predicted molar refractivity (Wildman–Crippen MR) is 104 cm³/mol. The molecule has 4 rings (SSSR count). The number of imide groups is 1. The molecule has 2 aromatic carbocycles. The molecule has 3 aromatic rings. The second-order valence-corrected chi connectivity index (χ2v) is 6.76. The molecule has 142 valence electrons. The second-order valence-electron chi connectivity index (χ2n) is 6.76. The number of nitrogens with zero attached hydrogens (tertiary/aromatic N) is 1. The van der Waals surface area contributed by atoms with Crippen LogP contribution < -0.4 is 5.32 Å². The fourth-order valence-electron chi connectivity index (χ4n) is 3.41. The number of rotatable bonds is 7. The van der Waals surface area contributed by atoms with Crippen LogP contribution in [0, 0.1) is 0 Å². The first kappa shape index (κ1) is 18.0. The maximum Gasteiger partial charge on any atom is 0.261 e. The summed E-state index contributed by atoms with van der Waals surface area (Å²) < 4.78 is 5.72. The zero-order chi connectivity index (χ0) is 19.5. The summed E-state index contributed by atoms with van der Waals surface area (Å²) in [5.74, 6) is 0.150. The summed E-state index contributed by atoms with van der Waals surface area (Å²) in [5, 5.41) is 3.90. The molecular formula is C22H20N2O4. The van der Waals surface area contributed by atoms with Crippen LogP contribution in [0.25, 0.3) is 11.0 Å². The lowest BCUT2D eigenvalue weighted by molar-refractivity contribution is -0.121. The molecule has 1 N–H and O–H groups in total. The average Bonchev–Trinajstić information content (AvgIpc) is 3.22. The van der Waals surface area contributed by atoms with Crippen molar-refractivity contribution in [2.45, 2.75) is 19.3 Å². The van der Waals surface area contributed by atoms with Gasteiger partial charge in [0.25, 0.3) is 11.8 Å². The minimum atomic E-state index is -0.286. The van der Waals surface area contributed by atoms with Crippen LogP contribution in [0.3, 0.4) is 0 Å². The van der Waals surface area contributed by atoms with Gasteiger partial charge in [-0.05, 0) is 30.7 Å². The van der Waals surface area contributed by atoms with Crippen molar-refractivity contribution in [3.8, 4) is 0 Å². The highest BCUT2D eigenvalue weighted by Crippen LogP contribution is 2.22. The number of para-hydroxylation sites is 1. The number of amides is 3. The Balaban J connectivity index is 1.21. The summed E-state index contributed by atoms with van der Waals surface area (Å²) in [5.41, 5.74) is 1.70. The number of hydrogen-bond donors (Lipinski definition) is 1. The maximum atomic E-state index is 12.3.